The van der Waals surface area contributed by atoms with Crippen molar-refractivity contribution in [1.29, 1.82) is 0 Å². The maximum absolute atomic E-state index is 12.8. The molecule has 28 heavy (non-hydrogen) atoms. The van der Waals surface area contributed by atoms with Gasteiger partial charge in [0.15, 0.2) is 5.69 Å². The summed E-state index contributed by atoms with van der Waals surface area (Å²) in [5, 5.41) is 17.8. The largest absolute Gasteiger partial charge is 0.444 e. The number of benzene rings is 1. The predicted octanol–water partition coefficient (Wildman–Crippen LogP) is 2.83. The lowest BCUT2D eigenvalue weighted by atomic mass is 10.1. The molecule has 0 radical (unpaired) electrons. The van der Waals surface area contributed by atoms with Crippen molar-refractivity contribution in [1.82, 2.24) is 25.3 Å². The van der Waals surface area contributed by atoms with Gasteiger partial charge in [-0.15, -0.1) is 0 Å². The molecule has 0 bridgehead atoms. The minimum Gasteiger partial charge on any atom is -0.444 e. The summed E-state index contributed by atoms with van der Waals surface area (Å²) in [5.74, 6) is -0.331. The number of hydrogen-bond donors (Lipinski definition) is 3. The van der Waals surface area contributed by atoms with Crippen LogP contribution < -0.4 is 5.32 Å². The Balaban J connectivity index is 1.51. The van der Waals surface area contributed by atoms with E-state index in [2.05, 4.69) is 25.7 Å². The Labute approximate surface area is 161 Å². The maximum Gasteiger partial charge on any atom is 0.410 e. The first-order valence-electron chi connectivity index (χ1n) is 9.09. The number of rotatable bonds is 2. The van der Waals surface area contributed by atoms with Crippen LogP contribution in [-0.4, -0.2) is 49.4 Å². The zero-order valence-electron chi connectivity index (χ0n) is 16.0. The molecule has 2 aromatic heterocycles. The summed E-state index contributed by atoms with van der Waals surface area (Å²) in [6.07, 6.45) is 1.92. The number of nitrogens with one attached hydrogen (secondary N) is 3. The van der Waals surface area contributed by atoms with Crippen molar-refractivity contribution in [2.24, 2.45) is 0 Å². The molecule has 0 atom stereocenters. The van der Waals surface area contributed by atoms with Crippen LogP contribution in [0.25, 0.3) is 10.9 Å². The van der Waals surface area contributed by atoms with E-state index in [1.54, 1.807) is 11.1 Å². The van der Waals surface area contributed by atoms with Crippen LogP contribution in [0.4, 0.5) is 10.5 Å². The van der Waals surface area contributed by atoms with Crippen molar-refractivity contribution in [3.63, 3.8) is 0 Å². The quantitative estimate of drug-likeness (QED) is 0.630. The van der Waals surface area contributed by atoms with Crippen LogP contribution in [0.15, 0.2) is 24.4 Å². The highest BCUT2D eigenvalue weighted by atomic mass is 16.6. The molecule has 0 fully saturated rings. The third kappa shape index (κ3) is 3.55. The number of nitrogens with zero attached hydrogens (tertiary/aromatic N) is 3. The summed E-state index contributed by atoms with van der Waals surface area (Å²) in [6, 6.07) is 5.49. The average Bonchev–Trinajstić information content (AvgIpc) is 3.25. The summed E-state index contributed by atoms with van der Waals surface area (Å²) >= 11 is 0. The van der Waals surface area contributed by atoms with Gasteiger partial charge in [-0.2, -0.15) is 10.2 Å². The van der Waals surface area contributed by atoms with Gasteiger partial charge in [0.05, 0.1) is 18.3 Å². The Bertz CT molecular complexity index is 1050. The fourth-order valence-electron chi connectivity index (χ4n) is 3.17. The van der Waals surface area contributed by atoms with Crippen LogP contribution in [0.5, 0.6) is 0 Å². The lowest BCUT2D eigenvalue weighted by Gasteiger charge is -2.30. The van der Waals surface area contributed by atoms with Crippen LogP contribution in [0.2, 0.25) is 0 Å². The number of hydrogen-bond acceptors (Lipinski definition) is 5. The Morgan fingerprint density at radius 2 is 2.07 bits per heavy atom. The van der Waals surface area contributed by atoms with Gasteiger partial charge in [-0.1, -0.05) is 0 Å². The molecule has 0 aliphatic carbocycles. The van der Waals surface area contributed by atoms with E-state index in [1.807, 2.05) is 39.0 Å². The van der Waals surface area contributed by atoms with Gasteiger partial charge in [0.1, 0.15) is 5.60 Å². The van der Waals surface area contributed by atoms with Crippen LogP contribution in [0.1, 0.15) is 42.5 Å². The summed E-state index contributed by atoms with van der Waals surface area (Å²) in [5.41, 5.74) is 2.77. The van der Waals surface area contributed by atoms with E-state index >= 15 is 0 Å². The third-order valence-corrected chi connectivity index (χ3v) is 4.50. The smallest absolute Gasteiger partial charge is 0.410 e. The molecule has 9 nitrogen and oxygen atoms in total. The molecule has 1 aliphatic heterocycles. The molecule has 1 aliphatic rings. The number of aromatic nitrogens is 4. The van der Waals surface area contributed by atoms with Crippen molar-refractivity contribution in [2.75, 3.05) is 11.9 Å². The van der Waals surface area contributed by atoms with Crippen molar-refractivity contribution < 1.29 is 14.3 Å². The van der Waals surface area contributed by atoms with Crippen LogP contribution >= 0.6 is 0 Å². The number of anilines is 1. The lowest BCUT2D eigenvalue weighted by molar-refractivity contribution is 0.0222. The van der Waals surface area contributed by atoms with Gasteiger partial charge in [-0.3, -0.25) is 15.0 Å². The molecule has 3 heterocycles. The van der Waals surface area contributed by atoms with E-state index in [0.717, 1.165) is 22.2 Å². The molecule has 3 aromatic rings. The second-order valence-electron chi connectivity index (χ2n) is 7.81. The molecule has 0 unspecified atom stereocenters. The predicted molar refractivity (Wildman–Crippen MR) is 103 cm³/mol. The van der Waals surface area contributed by atoms with E-state index < -0.39 is 11.7 Å². The number of carbonyl (C=O) groups is 2. The number of ether oxygens (including phenoxy) is 1. The van der Waals surface area contributed by atoms with Crippen LogP contribution in [0, 0.1) is 0 Å². The van der Waals surface area contributed by atoms with Gasteiger partial charge < -0.3 is 15.0 Å². The Kier molecular flexibility index (Phi) is 4.29. The Morgan fingerprint density at radius 3 is 2.86 bits per heavy atom. The Hall–Kier alpha value is -3.36. The Morgan fingerprint density at radius 1 is 1.25 bits per heavy atom. The fraction of sp³-hybridized carbons (Fsp3) is 0.368. The van der Waals surface area contributed by atoms with Gasteiger partial charge in [0, 0.05) is 35.3 Å². The standard InChI is InChI=1S/C19H22N6O3/c1-19(2,3)28-18(27)25-7-6-14-13(10-25)16(24-23-14)17(26)21-12-5-4-11-9-20-22-15(11)8-12/h4-5,8-9H,6-7,10H2,1-3H3,(H,20,22)(H,21,26)(H,23,24). The second kappa shape index (κ2) is 6.66. The minimum atomic E-state index is -0.570. The number of amides is 2. The molecule has 9 heteroatoms. The third-order valence-electron chi connectivity index (χ3n) is 4.50. The van der Waals surface area contributed by atoms with Gasteiger partial charge in [0.2, 0.25) is 0 Å². The molecule has 0 saturated heterocycles. The number of fused-ring (bicyclic) bond motifs is 2. The zero-order valence-corrected chi connectivity index (χ0v) is 16.0. The first-order valence-corrected chi connectivity index (χ1v) is 9.09. The molecule has 0 spiro atoms. The molecule has 3 N–H and O–H groups in total. The SMILES string of the molecule is CC(C)(C)OC(=O)N1CCc2[nH]nc(C(=O)Nc3ccc4cn[nH]c4c3)c2C1. The topological polar surface area (TPSA) is 116 Å². The summed E-state index contributed by atoms with van der Waals surface area (Å²) in [7, 11) is 0. The fourth-order valence-corrected chi connectivity index (χ4v) is 3.17. The monoisotopic (exact) mass is 382 g/mol. The van der Waals surface area contributed by atoms with E-state index in [0.29, 0.717) is 18.7 Å². The van der Waals surface area contributed by atoms with Gasteiger partial charge in [-0.05, 0) is 39.0 Å². The van der Waals surface area contributed by atoms with Crippen molar-refractivity contribution in [3.05, 3.63) is 41.3 Å². The lowest BCUT2D eigenvalue weighted by Crippen LogP contribution is -2.40. The van der Waals surface area contributed by atoms with Crippen molar-refractivity contribution in [3.8, 4) is 0 Å². The van der Waals surface area contributed by atoms with Gasteiger partial charge in [-0.25, -0.2) is 4.79 Å². The van der Waals surface area contributed by atoms with E-state index in [-0.39, 0.29) is 18.1 Å². The van der Waals surface area contributed by atoms with Gasteiger partial charge in [0.25, 0.3) is 5.91 Å². The summed E-state index contributed by atoms with van der Waals surface area (Å²) < 4.78 is 5.44. The molecule has 2 amide bonds. The highest BCUT2D eigenvalue weighted by Crippen LogP contribution is 2.24. The number of aromatic amines is 2. The molecule has 0 saturated carbocycles. The molecule has 146 valence electrons. The van der Waals surface area contributed by atoms with Crippen molar-refractivity contribution in [2.45, 2.75) is 39.3 Å². The number of H-pyrrole nitrogens is 2. The van der Waals surface area contributed by atoms with E-state index in [1.165, 1.54) is 0 Å². The second-order valence-corrected chi connectivity index (χ2v) is 7.81. The van der Waals surface area contributed by atoms with Crippen molar-refractivity contribution >= 4 is 28.6 Å². The minimum absolute atomic E-state index is 0.281. The first kappa shape index (κ1) is 18.0. The van der Waals surface area contributed by atoms with Crippen LogP contribution in [-0.2, 0) is 17.7 Å². The van der Waals surface area contributed by atoms with Crippen LogP contribution in [0.3, 0.4) is 0 Å². The molecular formula is C19H22N6O3. The first-order chi connectivity index (χ1) is 13.3. The van der Waals surface area contributed by atoms with E-state index in [4.69, 9.17) is 4.74 Å². The average molecular weight is 382 g/mol. The zero-order chi connectivity index (χ0) is 19.9. The highest BCUT2D eigenvalue weighted by molar-refractivity contribution is 6.04. The maximum atomic E-state index is 12.8. The molecule has 4 rings (SSSR count). The van der Waals surface area contributed by atoms with E-state index in [9.17, 15) is 9.59 Å². The summed E-state index contributed by atoms with van der Waals surface area (Å²) in [4.78, 5) is 26.7. The van der Waals surface area contributed by atoms with Gasteiger partial charge >= 0.3 is 6.09 Å². The summed E-state index contributed by atoms with van der Waals surface area (Å²) in [6.45, 7) is 6.28. The highest BCUT2D eigenvalue weighted by Gasteiger charge is 2.30. The molecule has 1 aromatic carbocycles. The normalized spacial score (nSPS) is 14.0. The number of carbonyl (C=O) groups excluding carboxylic acids is 2. The molecular weight excluding hydrogens is 360 g/mol.